The van der Waals surface area contributed by atoms with Gasteiger partial charge in [-0.15, -0.1) is 0 Å². The third-order valence-corrected chi connectivity index (χ3v) is 0.609. The Hall–Kier alpha value is -0.460. The van der Waals surface area contributed by atoms with Crippen LogP contribution in [0.5, 0.6) is 0 Å². The normalized spacial score (nSPS) is 11.5. The zero-order valence-corrected chi connectivity index (χ0v) is 4.19. The van der Waals surface area contributed by atoms with Gasteiger partial charge >= 0.3 is 0 Å². The molecule has 0 bridgehead atoms. The summed E-state index contributed by atoms with van der Waals surface area (Å²) in [5, 5.41) is 0. The Balaban J connectivity index is 3.22. The first-order valence-corrected chi connectivity index (χ1v) is 1.81. The van der Waals surface area contributed by atoms with E-state index in [0.717, 1.165) is 5.76 Å². The summed E-state index contributed by atoms with van der Waals surface area (Å²) in [4.78, 5) is 0. The second kappa shape index (κ2) is 2.76. The fraction of sp³-hybridized carbons (Fsp3) is 0.400. The van der Waals surface area contributed by atoms with Gasteiger partial charge < -0.3 is 4.74 Å². The molecule has 0 aliphatic carbocycles. The van der Waals surface area contributed by atoms with Crippen LogP contribution in [0.1, 0.15) is 6.92 Å². The molecule has 0 spiro atoms. The average Bonchev–Trinajstić information content (AvgIpc) is 1.65. The molecule has 1 nitrogen and oxygen atoms in total. The number of methoxy groups -OCH3 is 1. The fourth-order valence-corrected chi connectivity index (χ4v) is 0.0833. The van der Waals surface area contributed by atoms with E-state index in [9.17, 15) is 0 Å². The molecule has 35 valence electrons. The molecule has 0 saturated heterocycles. The Bertz CT molecular complexity index is 55.0. The van der Waals surface area contributed by atoms with Gasteiger partial charge in [-0.3, -0.25) is 0 Å². The molecule has 1 heteroatoms. The van der Waals surface area contributed by atoms with E-state index in [-0.39, 0.29) is 0 Å². The Morgan fingerprint density at radius 1 is 1.83 bits per heavy atom. The predicted octanol–water partition coefficient (Wildman–Crippen LogP) is 1.37. The average molecular weight is 85.1 g/mol. The molecule has 0 N–H and O–H groups in total. The second-order valence-electron chi connectivity index (χ2n) is 1.02. The largest absolute Gasteiger partial charge is 0.502 e. The van der Waals surface area contributed by atoms with Crippen molar-refractivity contribution in [2.75, 3.05) is 7.11 Å². The van der Waals surface area contributed by atoms with Crippen LogP contribution in [0.2, 0.25) is 0 Å². The van der Waals surface area contributed by atoms with Gasteiger partial charge in [0.15, 0.2) is 0 Å². The highest BCUT2D eigenvalue weighted by Gasteiger charge is 1.72. The molecule has 0 aromatic carbocycles. The van der Waals surface area contributed by atoms with Crippen LogP contribution in [0.3, 0.4) is 0 Å². The molecule has 0 unspecified atom stereocenters. The molecule has 0 fully saturated rings. The molecule has 0 saturated carbocycles. The first-order valence-electron chi connectivity index (χ1n) is 1.81. The maximum Gasteiger partial charge on any atom is 0.0884 e. The van der Waals surface area contributed by atoms with Gasteiger partial charge in [0.2, 0.25) is 0 Å². The van der Waals surface area contributed by atoms with E-state index in [0.29, 0.717) is 0 Å². The Morgan fingerprint density at radius 2 is 2.33 bits per heavy atom. The molecular formula is C5H9O. The van der Waals surface area contributed by atoms with Crippen LogP contribution in [0.4, 0.5) is 0 Å². The van der Waals surface area contributed by atoms with E-state index in [1.54, 1.807) is 13.2 Å². The maximum absolute atomic E-state index is 4.70. The number of hydrogen-bond acceptors (Lipinski definition) is 1. The summed E-state index contributed by atoms with van der Waals surface area (Å²) in [6.07, 6.45) is 1.67. The minimum absolute atomic E-state index is 0.856. The van der Waals surface area contributed by atoms with Crippen molar-refractivity contribution in [1.82, 2.24) is 0 Å². The van der Waals surface area contributed by atoms with E-state index in [1.807, 2.05) is 6.92 Å². The van der Waals surface area contributed by atoms with Gasteiger partial charge in [-0.25, -0.2) is 0 Å². The summed E-state index contributed by atoms with van der Waals surface area (Å²) in [6.45, 7) is 5.32. The highest BCUT2D eigenvalue weighted by atomic mass is 16.5. The summed E-state index contributed by atoms with van der Waals surface area (Å²) in [5.74, 6) is 0.856. The quantitative estimate of drug-likeness (QED) is 0.437. The highest BCUT2D eigenvalue weighted by Crippen LogP contribution is 1.87. The van der Waals surface area contributed by atoms with Crippen molar-refractivity contribution in [3.05, 3.63) is 18.8 Å². The predicted molar refractivity (Wildman–Crippen MR) is 26.1 cm³/mol. The molecular weight excluding hydrogens is 76.1 g/mol. The Kier molecular flexibility index (Phi) is 2.55. The molecule has 0 amide bonds. The number of ether oxygens (including phenoxy) is 1. The highest BCUT2D eigenvalue weighted by molar-refractivity contribution is 4.89. The van der Waals surface area contributed by atoms with Crippen LogP contribution in [0, 0.1) is 6.92 Å². The number of rotatable bonds is 1. The van der Waals surface area contributed by atoms with Gasteiger partial charge in [0, 0.05) is 0 Å². The van der Waals surface area contributed by atoms with E-state index in [2.05, 4.69) is 6.92 Å². The molecule has 0 aromatic heterocycles. The minimum Gasteiger partial charge on any atom is -0.502 e. The van der Waals surface area contributed by atoms with Crippen molar-refractivity contribution in [3.8, 4) is 0 Å². The van der Waals surface area contributed by atoms with Gasteiger partial charge in [0.05, 0.1) is 12.9 Å². The van der Waals surface area contributed by atoms with Gasteiger partial charge in [-0.05, 0) is 19.9 Å². The van der Waals surface area contributed by atoms with Crippen LogP contribution < -0.4 is 0 Å². The van der Waals surface area contributed by atoms with Gasteiger partial charge in [-0.1, -0.05) is 0 Å². The van der Waals surface area contributed by atoms with Gasteiger partial charge in [0.25, 0.3) is 0 Å². The van der Waals surface area contributed by atoms with Crippen LogP contribution in [0.15, 0.2) is 11.8 Å². The Morgan fingerprint density at radius 3 is 2.33 bits per heavy atom. The summed E-state index contributed by atoms with van der Waals surface area (Å²) in [6, 6.07) is 0. The van der Waals surface area contributed by atoms with Crippen LogP contribution in [-0.4, -0.2) is 7.11 Å². The summed E-state index contributed by atoms with van der Waals surface area (Å²) in [7, 11) is 1.62. The van der Waals surface area contributed by atoms with E-state index in [1.165, 1.54) is 0 Å². The fourth-order valence-electron chi connectivity index (χ4n) is 0.0833. The molecule has 0 heterocycles. The summed E-state index contributed by atoms with van der Waals surface area (Å²) in [5.41, 5.74) is 0. The molecule has 0 aliphatic rings. The van der Waals surface area contributed by atoms with Crippen molar-refractivity contribution in [3.63, 3.8) is 0 Å². The monoisotopic (exact) mass is 85.1 g/mol. The standard InChI is InChI=1S/C5H9O/c1-4-5(2)6-3/h4H,1H2,2-3H3/b5-4-. The van der Waals surface area contributed by atoms with Crippen LogP contribution in [-0.2, 0) is 4.74 Å². The van der Waals surface area contributed by atoms with Crippen LogP contribution >= 0.6 is 0 Å². The Labute approximate surface area is 38.6 Å². The van der Waals surface area contributed by atoms with Gasteiger partial charge in [0.1, 0.15) is 0 Å². The first kappa shape index (κ1) is 5.54. The zero-order chi connectivity index (χ0) is 4.99. The van der Waals surface area contributed by atoms with E-state index >= 15 is 0 Å². The number of allylic oxidation sites excluding steroid dienone is 2. The lowest BCUT2D eigenvalue weighted by molar-refractivity contribution is 0.293. The molecule has 0 rings (SSSR count). The lowest BCUT2D eigenvalue weighted by atomic mass is 10.5. The maximum atomic E-state index is 4.70. The molecule has 0 aliphatic heterocycles. The van der Waals surface area contributed by atoms with Crippen molar-refractivity contribution in [2.24, 2.45) is 0 Å². The SMILES string of the molecule is [CH2]/C=C(/C)OC. The lowest BCUT2D eigenvalue weighted by Crippen LogP contribution is -1.73. The zero-order valence-electron chi connectivity index (χ0n) is 4.19. The molecule has 0 atom stereocenters. The van der Waals surface area contributed by atoms with Gasteiger partial charge in [-0.2, -0.15) is 0 Å². The van der Waals surface area contributed by atoms with Crippen molar-refractivity contribution in [2.45, 2.75) is 6.92 Å². The van der Waals surface area contributed by atoms with Crippen LogP contribution in [0.25, 0.3) is 0 Å². The molecule has 1 radical (unpaired) electrons. The topological polar surface area (TPSA) is 9.23 Å². The van der Waals surface area contributed by atoms with Crippen molar-refractivity contribution < 1.29 is 4.74 Å². The third-order valence-electron chi connectivity index (χ3n) is 0.609. The summed E-state index contributed by atoms with van der Waals surface area (Å²) < 4.78 is 4.70. The lowest BCUT2D eigenvalue weighted by Gasteiger charge is -1.91. The minimum atomic E-state index is 0.856. The molecule has 0 aromatic rings. The second-order valence-corrected chi connectivity index (χ2v) is 1.02. The van der Waals surface area contributed by atoms with E-state index in [4.69, 9.17) is 4.74 Å². The van der Waals surface area contributed by atoms with Crippen molar-refractivity contribution in [1.29, 1.82) is 0 Å². The number of hydrogen-bond donors (Lipinski definition) is 0. The third kappa shape index (κ3) is 1.82. The van der Waals surface area contributed by atoms with Crippen molar-refractivity contribution >= 4 is 0 Å². The smallest absolute Gasteiger partial charge is 0.0884 e. The van der Waals surface area contributed by atoms with E-state index < -0.39 is 0 Å². The summed E-state index contributed by atoms with van der Waals surface area (Å²) >= 11 is 0. The molecule has 6 heavy (non-hydrogen) atoms. The first-order chi connectivity index (χ1) is 2.81.